The Morgan fingerprint density at radius 1 is 1.44 bits per heavy atom. The van der Waals surface area contributed by atoms with Crippen LogP contribution in [0, 0.1) is 5.82 Å². The zero-order valence-electron chi connectivity index (χ0n) is 9.79. The minimum atomic E-state index is -3.78. The number of benzene rings is 1. The van der Waals surface area contributed by atoms with E-state index in [0.717, 1.165) is 12.1 Å². The average molecular weight is 314 g/mol. The SMILES string of the molecule is CC(Cl)CCCNS(=O)(=O)c1cc(F)ccc1Cl. The van der Waals surface area contributed by atoms with Crippen molar-refractivity contribution in [3.05, 3.63) is 29.0 Å². The largest absolute Gasteiger partial charge is 0.242 e. The summed E-state index contributed by atoms with van der Waals surface area (Å²) < 4.78 is 39.1. The average Bonchev–Trinajstić information content (AvgIpc) is 2.27. The van der Waals surface area contributed by atoms with Crippen LogP contribution in [0.15, 0.2) is 23.1 Å². The second-order valence-electron chi connectivity index (χ2n) is 3.90. The van der Waals surface area contributed by atoms with E-state index in [1.165, 1.54) is 6.07 Å². The standard InChI is InChI=1S/C11H14Cl2FNO2S/c1-8(12)3-2-6-15-18(16,17)11-7-9(14)4-5-10(11)13/h4-5,7-8,15H,2-3,6H2,1H3. The smallest absolute Gasteiger partial charge is 0.211 e. The summed E-state index contributed by atoms with van der Waals surface area (Å²) in [4.78, 5) is -0.247. The van der Waals surface area contributed by atoms with Crippen molar-refractivity contribution >= 4 is 33.2 Å². The Balaban J connectivity index is 2.71. The molecule has 1 atom stereocenters. The van der Waals surface area contributed by atoms with Crippen LogP contribution in [0.1, 0.15) is 19.8 Å². The molecular formula is C11H14Cl2FNO2S. The minimum absolute atomic E-state index is 0.00499. The van der Waals surface area contributed by atoms with Crippen molar-refractivity contribution in [3.8, 4) is 0 Å². The van der Waals surface area contributed by atoms with Crippen LogP contribution in [0.2, 0.25) is 5.02 Å². The molecule has 0 bridgehead atoms. The maximum absolute atomic E-state index is 13.0. The van der Waals surface area contributed by atoms with Crippen LogP contribution in [0.25, 0.3) is 0 Å². The molecule has 0 fully saturated rings. The fourth-order valence-electron chi connectivity index (χ4n) is 1.35. The van der Waals surface area contributed by atoms with Gasteiger partial charge in [-0.25, -0.2) is 17.5 Å². The fourth-order valence-corrected chi connectivity index (χ4v) is 3.09. The van der Waals surface area contributed by atoms with Crippen molar-refractivity contribution in [2.24, 2.45) is 0 Å². The molecule has 0 aliphatic carbocycles. The van der Waals surface area contributed by atoms with Crippen LogP contribution in [0.4, 0.5) is 4.39 Å². The van der Waals surface area contributed by atoms with Crippen molar-refractivity contribution in [1.82, 2.24) is 4.72 Å². The van der Waals surface area contributed by atoms with E-state index in [9.17, 15) is 12.8 Å². The van der Waals surface area contributed by atoms with E-state index in [-0.39, 0.29) is 21.8 Å². The number of alkyl halides is 1. The summed E-state index contributed by atoms with van der Waals surface area (Å²) >= 11 is 11.5. The molecule has 18 heavy (non-hydrogen) atoms. The van der Waals surface area contributed by atoms with Crippen molar-refractivity contribution in [1.29, 1.82) is 0 Å². The first-order valence-corrected chi connectivity index (χ1v) is 7.71. The molecule has 7 heteroatoms. The molecule has 0 spiro atoms. The van der Waals surface area contributed by atoms with Gasteiger partial charge in [-0.3, -0.25) is 0 Å². The second kappa shape index (κ2) is 6.70. The number of nitrogens with one attached hydrogen (secondary N) is 1. The highest BCUT2D eigenvalue weighted by molar-refractivity contribution is 7.89. The lowest BCUT2D eigenvalue weighted by Gasteiger charge is -2.08. The van der Waals surface area contributed by atoms with Crippen LogP contribution < -0.4 is 4.72 Å². The van der Waals surface area contributed by atoms with Crippen LogP contribution >= 0.6 is 23.2 Å². The number of hydrogen-bond acceptors (Lipinski definition) is 2. The van der Waals surface area contributed by atoms with Gasteiger partial charge in [0.15, 0.2) is 0 Å². The molecule has 0 aromatic heterocycles. The number of hydrogen-bond donors (Lipinski definition) is 1. The third-order valence-corrected chi connectivity index (χ3v) is 4.41. The van der Waals surface area contributed by atoms with Crippen LogP contribution in [-0.4, -0.2) is 20.3 Å². The van der Waals surface area contributed by atoms with Crippen molar-refractivity contribution < 1.29 is 12.8 Å². The fraction of sp³-hybridized carbons (Fsp3) is 0.455. The molecule has 1 unspecified atom stereocenters. The molecule has 0 aliphatic heterocycles. The predicted molar refractivity (Wildman–Crippen MR) is 71.1 cm³/mol. The molecule has 0 aliphatic rings. The van der Waals surface area contributed by atoms with E-state index in [1.54, 1.807) is 0 Å². The van der Waals surface area contributed by atoms with E-state index < -0.39 is 15.8 Å². The lowest BCUT2D eigenvalue weighted by molar-refractivity contribution is 0.573. The Labute approximate surface area is 116 Å². The summed E-state index contributed by atoms with van der Waals surface area (Å²) in [6, 6.07) is 3.22. The topological polar surface area (TPSA) is 46.2 Å². The normalized spacial score (nSPS) is 13.6. The zero-order chi connectivity index (χ0) is 13.8. The van der Waals surface area contributed by atoms with E-state index in [0.29, 0.717) is 12.8 Å². The van der Waals surface area contributed by atoms with Crippen LogP contribution in [0.3, 0.4) is 0 Å². The van der Waals surface area contributed by atoms with Crippen molar-refractivity contribution in [2.45, 2.75) is 30.0 Å². The molecule has 0 saturated carbocycles. The van der Waals surface area contributed by atoms with Gasteiger partial charge in [-0.1, -0.05) is 11.6 Å². The Morgan fingerprint density at radius 3 is 2.72 bits per heavy atom. The highest BCUT2D eigenvalue weighted by Crippen LogP contribution is 2.21. The Hall–Kier alpha value is -0.360. The zero-order valence-corrected chi connectivity index (χ0v) is 12.1. The first-order valence-electron chi connectivity index (χ1n) is 5.41. The summed E-state index contributed by atoms with van der Waals surface area (Å²) in [5, 5.41) is -0.0122. The summed E-state index contributed by atoms with van der Waals surface area (Å²) in [5.41, 5.74) is 0. The summed E-state index contributed by atoms with van der Waals surface area (Å²) in [7, 11) is -3.78. The number of rotatable bonds is 6. The molecule has 1 aromatic rings. The molecule has 0 heterocycles. The van der Waals surface area contributed by atoms with Gasteiger partial charge >= 0.3 is 0 Å². The van der Waals surface area contributed by atoms with Gasteiger partial charge in [-0.15, -0.1) is 11.6 Å². The van der Waals surface area contributed by atoms with Crippen molar-refractivity contribution in [2.75, 3.05) is 6.54 Å². The van der Waals surface area contributed by atoms with Crippen molar-refractivity contribution in [3.63, 3.8) is 0 Å². The molecule has 1 N–H and O–H groups in total. The molecule has 3 nitrogen and oxygen atoms in total. The van der Waals surface area contributed by atoms with Gasteiger partial charge in [0.2, 0.25) is 10.0 Å². The highest BCUT2D eigenvalue weighted by Gasteiger charge is 2.18. The minimum Gasteiger partial charge on any atom is -0.211 e. The Kier molecular flexibility index (Phi) is 5.85. The van der Waals surface area contributed by atoms with Gasteiger partial charge < -0.3 is 0 Å². The van der Waals surface area contributed by atoms with E-state index in [1.807, 2.05) is 6.92 Å². The summed E-state index contributed by atoms with van der Waals surface area (Å²) in [6.45, 7) is 2.08. The maximum atomic E-state index is 13.0. The third-order valence-electron chi connectivity index (χ3n) is 2.25. The van der Waals surface area contributed by atoms with Gasteiger partial charge in [-0.05, 0) is 38.0 Å². The summed E-state index contributed by atoms with van der Waals surface area (Å²) in [5.74, 6) is -0.644. The van der Waals surface area contributed by atoms with Gasteiger partial charge in [0, 0.05) is 11.9 Å². The number of sulfonamides is 1. The molecule has 1 rings (SSSR count). The van der Waals surface area contributed by atoms with Gasteiger partial charge in [0.25, 0.3) is 0 Å². The lowest BCUT2D eigenvalue weighted by atomic mass is 10.2. The van der Waals surface area contributed by atoms with Gasteiger partial charge in [-0.2, -0.15) is 0 Å². The van der Waals surface area contributed by atoms with E-state index in [4.69, 9.17) is 23.2 Å². The first-order chi connectivity index (χ1) is 8.33. The molecule has 0 amide bonds. The quantitative estimate of drug-likeness (QED) is 0.647. The van der Waals surface area contributed by atoms with Crippen LogP contribution in [0.5, 0.6) is 0 Å². The van der Waals surface area contributed by atoms with Crippen LogP contribution in [-0.2, 0) is 10.0 Å². The third kappa shape index (κ3) is 4.72. The molecule has 0 radical (unpaired) electrons. The Morgan fingerprint density at radius 2 is 2.11 bits per heavy atom. The molecule has 102 valence electrons. The molecule has 1 aromatic carbocycles. The predicted octanol–water partition coefficient (Wildman–Crippen LogP) is 3.16. The molecule has 0 saturated heterocycles. The monoisotopic (exact) mass is 313 g/mol. The second-order valence-corrected chi connectivity index (χ2v) is 6.78. The summed E-state index contributed by atoms with van der Waals surface area (Å²) in [6.07, 6.45) is 1.30. The van der Waals surface area contributed by atoms with Gasteiger partial charge in [0.1, 0.15) is 10.7 Å². The Bertz CT molecular complexity index is 506. The maximum Gasteiger partial charge on any atom is 0.242 e. The first kappa shape index (κ1) is 15.7. The number of halogens is 3. The lowest BCUT2D eigenvalue weighted by Crippen LogP contribution is -2.25. The van der Waals surface area contributed by atoms with E-state index in [2.05, 4.69) is 4.72 Å². The highest BCUT2D eigenvalue weighted by atomic mass is 35.5. The molecular weight excluding hydrogens is 300 g/mol. The van der Waals surface area contributed by atoms with Gasteiger partial charge in [0.05, 0.1) is 5.02 Å². The van der Waals surface area contributed by atoms with E-state index >= 15 is 0 Å².